The third-order valence-electron chi connectivity index (χ3n) is 3.48. The van der Waals surface area contributed by atoms with E-state index < -0.39 is 0 Å². The lowest BCUT2D eigenvalue weighted by molar-refractivity contribution is 0.232. The van der Waals surface area contributed by atoms with Crippen LogP contribution in [0.5, 0.6) is 11.5 Å². The summed E-state index contributed by atoms with van der Waals surface area (Å²) in [5.74, 6) is 2.21. The van der Waals surface area contributed by atoms with E-state index in [4.69, 9.17) is 15.2 Å². The van der Waals surface area contributed by atoms with Gasteiger partial charge in [0.15, 0.2) is 0 Å². The first-order valence-electron chi connectivity index (χ1n) is 7.86. The van der Waals surface area contributed by atoms with Gasteiger partial charge in [0.2, 0.25) is 0 Å². The van der Waals surface area contributed by atoms with E-state index in [1.807, 2.05) is 18.2 Å². The second-order valence-electron chi connectivity index (χ2n) is 5.28. The lowest BCUT2D eigenvalue weighted by Gasteiger charge is -2.16. The van der Waals surface area contributed by atoms with Crippen LogP contribution in [0.25, 0.3) is 0 Å². The summed E-state index contributed by atoms with van der Waals surface area (Å²) >= 11 is 0. The molecule has 3 heteroatoms. The highest BCUT2D eigenvalue weighted by molar-refractivity contribution is 5.55. The largest absolute Gasteiger partial charge is 0.493 e. The van der Waals surface area contributed by atoms with Crippen LogP contribution in [0.15, 0.2) is 18.2 Å². The van der Waals surface area contributed by atoms with E-state index in [1.54, 1.807) is 0 Å². The van der Waals surface area contributed by atoms with Crippen molar-refractivity contribution >= 4 is 5.69 Å². The fourth-order valence-electron chi connectivity index (χ4n) is 2.05. The summed E-state index contributed by atoms with van der Waals surface area (Å²) in [4.78, 5) is 0. The molecule has 3 nitrogen and oxygen atoms in total. The SMILES string of the molecule is CCCCC(CC)COc1ccc(N)c(OCCC)c1. The van der Waals surface area contributed by atoms with E-state index in [2.05, 4.69) is 20.8 Å². The zero-order valence-electron chi connectivity index (χ0n) is 13.2. The van der Waals surface area contributed by atoms with Gasteiger partial charge in [0.05, 0.1) is 18.9 Å². The third kappa shape index (κ3) is 5.72. The maximum atomic E-state index is 5.90. The number of nitrogen functional groups attached to an aromatic ring is 1. The van der Waals surface area contributed by atoms with Gasteiger partial charge in [-0.1, -0.05) is 40.0 Å². The average Bonchev–Trinajstić information content (AvgIpc) is 2.47. The molecule has 0 aliphatic heterocycles. The molecular formula is C17H29NO2. The molecule has 2 N–H and O–H groups in total. The molecule has 0 radical (unpaired) electrons. The van der Waals surface area contributed by atoms with Gasteiger partial charge in [-0.15, -0.1) is 0 Å². The summed E-state index contributed by atoms with van der Waals surface area (Å²) in [6, 6.07) is 5.67. The van der Waals surface area contributed by atoms with Gasteiger partial charge >= 0.3 is 0 Å². The Hall–Kier alpha value is -1.38. The van der Waals surface area contributed by atoms with Crippen molar-refractivity contribution in [3.05, 3.63) is 18.2 Å². The van der Waals surface area contributed by atoms with E-state index in [0.717, 1.165) is 30.9 Å². The van der Waals surface area contributed by atoms with Crippen LogP contribution >= 0.6 is 0 Å². The van der Waals surface area contributed by atoms with Crippen molar-refractivity contribution in [1.29, 1.82) is 0 Å². The van der Waals surface area contributed by atoms with E-state index >= 15 is 0 Å². The number of rotatable bonds is 10. The third-order valence-corrected chi connectivity index (χ3v) is 3.48. The van der Waals surface area contributed by atoms with Gasteiger partial charge in [0.1, 0.15) is 11.5 Å². The minimum absolute atomic E-state index is 0.632. The van der Waals surface area contributed by atoms with E-state index in [9.17, 15) is 0 Å². The first kappa shape index (κ1) is 16.7. The normalized spacial score (nSPS) is 12.2. The number of hydrogen-bond donors (Lipinski definition) is 1. The van der Waals surface area contributed by atoms with Crippen molar-refractivity contribution in [3.63, 3.8) is 0 Å². The number of ether oxygens (including phenoxy) is 2. The molecule has 0 aromatic heterocycles. The molecule has 0 aliphatic carbocycles. The Bertz CT molecular complexity index is 379. The number of unbranched alkanes of at least 4 members (excludes halogenated alkanes) is 1. The van der Waals surface area contributed by atoms with E-state index in [-0.39, 0.29) is 0 Å². The van der Waals surface area contributed by atoms with Crippen LogP contribution in [0.1, 0.15) is 52.9 Å². The second-order valence-corrected chi connectivity index (χ2v) is 5.28. The Labute approximate surface area is 123 Å². The van der Waals surface area contributed by atoms with Crippen LogP contribution in [0.2, 0.25) is 0 Å². The van der Waals surface area contributed by atoms with Gasteiger partial charge < -0.3 is 15.2 Å². The van der Waals surface area contributed by atoms with Crippen molar-refractivity contribution in [2.75, 3.05) is 18.9 Å². The predicted octanol–water partition coefficient (Wildman–Crippen LogP) is 4.65. The van der Waals surface area contributed by atoms with Crippen molar-refractivity contribution < 1.29 is 9.47 Å². The molecule has 1 aromatic rings. The van der Waals surface area contributed by atoms with Crippen molar-refractivity contribution in [2.45, 2.75) is 52.9 Å². The number of nitrogens with two attached hydrogens (primary N) is 1. The Balaban J connectivity index is 2.54. The highest BCUT2D eigenvalue weighted by Crippen LogP contribution is 2.27. The molecule has 0 amide bonds. The topological polar surface area (TPSA) is 44.5 Å². The highest BCUT2D eigenvalue weighted by atomic mass is 16.5. The minimum atomic E-state index is 0.632. The zero-order chi connectivity index (χ0) is 14.8. The Morgan fingerprint density at radius 2 is 1.90 bits per heavy atom. The summed E-state index contributed by atoms with van der Waals surface area (Å²) in [6.45, 7) is 7.98. The Morgan fingerprint density at radius 3 is 2.55 bits per heavy atom. The molecule has 20 heavy (non-hydrogen) atoms. The van der Waals surface area contributed by atoms with Crippen molar-refractivity contribution in [2.24, 2.45) is 5.92 Å². The molecule has 0 bridgehead atoms. The van der Waals surface area contributed by atoms with Crippen LogP contribution in [0.3, 0.4) is 0 Å². The maximum absolute atomic E-state index is 5.90. The van der Waals surface area contributed by atoms with E-state index in [1.165, 1.54) is 19.3 Å². The Kier molecular flexibility index (Phi) is 7.93. The summed E-state index contributed by atoms with van der Waals surface area (Å²) in [6.07, 6.45) is 5.89. The monoisotopic (exact) mass is 279 g/mol. The van der Waals surface area contributed by atoms with Crippen LogP contribution in [-0.4, -0.2) is 13.2 Å². The van der Waals surface area contributed by atoms with Gasteiger partial charge in [0, 0.05) is 6.07 Å². The van der Waals surface area contributed by atoms with Crippen molar-refractivity contribution in [3.8, 4) is 11.5 Å². The minimum Gasteiger partial charge on any atom is -0.493 e. The van der Waals surface area contributed by atoms with Crippen LogP contribution < -0.4 is 15.2 Å². The standard InChI is InChI=1S/C17H29NO2/c1-4-7-8-14(6-3)13-20-15-9-10-16(18)17(12-15)19-11-5-2/h9-10,12,14H,4-8,11,13,18H2,1-3H3. The van der Waals surface area contributed by atoms with Gasteiger partial charge in [-0.05, 0) is 30.9 Å². The predicted molar refractivity (Wildman–Crippen MR) is 85.4 cm³/mol. The summed E-state index contributed by atoms with van der Waals surface area (Å²) in [5.41, 5.74) is 6.57. The van der Waals surface area contributed by atoms with Crippen molar-refractivity contribution in [1.82, 2.24) is 0 Å². The number of benzene rings is 1. The number of anilines is 1. The van der Waals surface area contributed by atoms with Gasteiger partial charge in [-0.25, -0.2) is 0 Å². The molecule has 0 aliphatic rings. The fourth-order valence-corrected chi connectivity index (χ4v) is 2.05. The first-order chi connectivity index (χ1) is 9.71. The summed E-state index contributed by atoms with van der Waals surface area (Å²) in [7, 11) is 0. The van der Waals surface area contributed by atoms with Gasteiger partial charge in [-0.2, -0.15) is 0 Å². The quantitative estimate of drug-likeness (QED) is 0.634. The molecule has 0 saturated carbocycles. The van der Waals surface area contributed by atoms with Crippen LogP contribution in [0, 0.1) is 5.92 Å². The lowest BCUT2D eigenvalue weighted by Crippen LogP contribution is -2.11. The highest BCUT2D eigenvalue weighted by Gasteiger charge is 2.08. The van der Waals surface area contributed by atoms with Gasteiger partial charge in [0.25, 0.3) is 0 Å². The molecular weight excluding hydrogens is 250 g/mol. The lowest BCUT2D eigenvalue weighted by atomic mass is 10.0. The number of hydrogen-bond acceptors (Lipinski definition) is 3. The average molecular weight is 279 g/mol. The second kappa shape index (κ2) is 9.51. The van der Waals surface area contributed by atoms with Crippen LogP contribution in [-0.2, 0) is 0 Å². The molecule has 0 spiro atoms. The molecule has 114 valence electrons. The zero-order valence-corrected chi connectivity index (χ0v) is 13.2. The van der Waals surface area contributed by atoms with E-state index in [0.29, 0.717) is 18.2 Å². The van der Waals surface area contributed by atoms with Gasteiger partial charge in [-0.3, -0.25) is 0 Å². The Morgan fingerprint density at radius 1 is 1.10 bits per heavy atom. The molecule has 1 atom stereocenters. The molecule has 0 heterocycles. The van der Waals surface area contributed by atoms with Crippen LogP contribution in [0.4, 0.5) is 5.69 Å². The summed E-state index contributed by atoms with van der Waals surface area (Å²) < 4.78 is 11.5. The fraction of sp³-hybridized carbons (Fsp3) is 0.647. The summed E-state index contributed by atoms with van der Waals surface area (Å²) in [5, 5.41) is 0. The molecule has 0 saturated heterocycles. The smallest absolute Gasteiger partial charge is 0.145 e. The molecule has 1 unspecified atom stereocenters. The maximum Gasteiger partial charge on any atom is 0.145 e. The molecule has 1 aromatic carbocycles. The first-order valence-corrected chi connectivity index (χ1v) is 7.86. The molecule has 1 rings (SSSR count). The molecule has 0 fully saturated rings.